The quantitative estimate of drug-likeness (QED) is 0.623. The van der Waals surface area contributed by atoms with Crippen LogP contribution in [0.25, 0.3) is 0 Å². The lowest BCUT2D eigenvalue weighted by Crippen LogP contribution is -2.27. The highest BCUT2D eigenvalue weighted by Crippen LogP contribution is 2.16. The zero-order valence-electron chi connectivity index (χ0n) is 9.70. The molecule has 1 amide bonds. The summed E-state index contributed by atoms with van der Waals surface area (Å²) < 4.78 is 5.21. The van der Waals surface area contributed by atoms with Gasteiger partial charge in [0.25, 0.3) is 5.91 Å². The summed E-state index contributed by atoms with van der Waals surface area (Å²) in [6, 6.07) is 4.77. The van der Waals surface area contributed by atoms with Crippen molar-refractivity contribution >= 4 is 21.8 Å². The van der Waals surface area contributed by atoms with Gasteiger partial charge in [0.1, 0.15) is 5.75 Å². The standard InChI is InChI=1S/C12H16BrNO3/c1-9-8-10(2-3-11(9)15)12(16)14-5-7-17-6-4-13/h2-3,8,15H,4-7H2,1H3,(H,14,16). The van der Waals surface area contributed by atoms with Gasteiger partial charge in [-0.15, -0.1) is 0 Å². The third kappa shape index (κ3) is 4.75. The van der Waals surface area contributed by atoms with Crippen molar-refractivity contribution in [2.75, 3.05) is 25.1 Å². The summed E-state index contributed by atoms with van der Waals surface area (Å²) in [4.78, 5) is 11.7. The maximum atomic E-state index is 11.7. The number of benzene rings is 1. The summed E-state index contributed by atoms with van der Waals surface area (Å²) in [6.45, 7) is 3.36. The van der Waals surface area contributed by atoms with Gasteiger partial charge in [0, 0.05) is 17.4 Å². The summed E-state index contributed by atoms with van der Waals surface area (Å²) in [5.41, 5.74) is 1.23. The van der Waals surface area contributed by atoms with Crippen LogP contribution in [0.5, 0.6) is 5.75 Å². The zero-order valence-corrected chi connectivity index (χ0v) is 11.3. The van der Waals surface area contributed by atoms with Gasteiger partial charge in [0.05, 0.1) is 13.2 Å². The van der Waals surface area contributed by atoms with Gasteiger partial charge in [-0.25, -0.2) is 0 Å². The normalized spacial score (nSPS) is 10.2. The van der Waals surface area contributed by atoms with Gasteiger partial charge in [-0.1, -0.05) is 15.9 Å². The summed E-state index contributed by atoms with van der Waals surface area (Å²) in [5.74, 6) is 0.0396. The Morgan fingerprint density at radius 1 is 1.47 bits per heavy atom. The van der Waals surface area contributed by atoms with E-state index in [1.807, 2.05) is 0 Å². The van der Waals surface area contributed by atoms with E-state index in [-0.39, 0.29) is 11.7 Å². The van der Waals surface area contributed by atoms with Crippen LogP contribution in [0.4, 0.5) is 0 Å². The Labute approximate surface area is 109 Å². The van der Waals surface area contributed by atoms with Crippen LogP contribution < -0.4 is 5.32 Å². The van der Waals surface area contributed by atoms with Crippen molar-refractivity contribution < 1.29 is 14.6 Å². The predicted molar refractivity (Wildman–Crippen MR) is 69.8 cm³/mol. The number of aryl methyl sites for hydroxylation is 1. The SMILES string of the molecule is Cc1cc(C(=O)NCCOCCBr)ccc1O. The van der Waals surface area contributed by atoms with E-state index >= 15 is 0 Å². The van der Waals surface area contributed by atoms with E-state index in [2.05, 4.69) is 21.2 Å². The van der Waals surface area contributed by atoms with Gasteiger partial charge in [0.2, 0.25) is 0 Å². The van der Waals surface area contributed by atoms with Crippen LogP contribution in [-0.4, -0.2) is 36.1 Å². The first-order chi connectivity index (χ1) is 8.15. The number of phenolic OH excluding ortho intramolecular Hbond substituents is 1. The second kappa shape index (κ2) is 7.29. The van der Waals surface area contributed by atoms with Gasteiger partial charge >= 0.3 is 0 Å². The molecule has 4 nitrogen and oxygen atoms in total. The molecule has 0 bridgehead atoms. The van der Waals surface area contributed by atoms with Crippen molar-refractivity contribution in [3.63, 3.8) is 0 Å². The van der Waals surface area contributed by atoms with Gasteiger partial charge in [-0.05, 0) is 30.7 Å². The van der Waals surface area contributed by atoms with Crippen molar-refractivity contribution in [1.29, 1.82) is 0 Å². The van der Waals surface area contributed by atoms with Crippen LogP contribution in [-0.2, 0) is 4.74 Å². The molecule has 0 fully saturated rings. The number of ether oxygens (including phenoxy) is 1. The average Bonchev–Trinajstić information content (AvgIpc) is 2.32. The molecule has 94 valence electrons. The molecule has 0 aliphatic heterocycles. The Balaban J connectivity index is 2.39. The third-order valence-electron chi connectivity index (χ3n) is 2.21. The van der Waals surface area contributed by atoms with Gasteiger partial charge in [0.15, 0.2) is 0 Å². The average molecular weight is 302 g/mol. The molecule has 5 heteroatoms. The maximum Gasteiger partial charge on any atom is 0.251 e. The third-order valence-corrected chi connectivity index (χ3v) is 2.54. The molecule has 0 saturated heterocycles. The number of halogens is 1. The smallest absolute Gasteiger partial charge is 0.251 e. The van der Waals surface area contributed by atoms with Crippen LogP contribution in [0.2, 0.25) is 0 Å². The van der Waals surface area contributed by atoms with E-state index in [1.165, 1.54) is 6.07 Å². The van der Waals surface area contributed by atoms with Crippen molar-refractivity contribution in [2.24, 2.45) is 0 Å². The highest BCUT2D eigenvalue weighted by molar-refractivity contribution is 9.09. The van der Waals surface area contributed by atoms with Gasteiger partial charge in [-0.2, -0.15) is 0 Å². The Morgan fingerprint density at radius 3 is 2.88 bits per heavy atom. The van der Waals surface area contributed by atoms with E-state index in [1.54, 1.807) is 19.1 Å². The largest absolute Gasteiger partial charge is 0.508 e. The summed E-state index contributed by atoms with van der Waals surface area (Å²) in [7, 11) is 0. The van der Waals surface area contributed by atoms with Gasteiger partial charge in [-0.3, -0.25) is 4.79 Å². The molecular formula is C12H16BrNO3. The number of nitrogens with one attached hydrogen (secondary N) is 1. The molecule has 0 aromatic heterocycles. The molecule has 0 aliphatic carbocycles. The Kier molecular flexibility index (Phi) is 6.00. The first-order valence-corrected chi connectivity index (χ1v) is 6.49. The number of rotatable bonds is 6. The number of hydrogen-bond donors (Lipinski definition) is 2. The predicted octanol–water partition coefficient (Wildman–Crippen LogP) is 1.84. The summed E-state index contributed by atoms with van der Waals surface area (Å²) >= 11 is 3.25. The van der Waals surface area contributed by atoms with Crippen molar-refractivity contribution in [3.8, 4) is 5.75 Å². The second-order valence-electron chi connectivity index (χ2n) is 3.56. The number of carbonyl (C=O) groups is 1. The van der Waals surface area contributed by atoms with E-state index in [4.69, 9.17) is 4.74 Å². The fraction of sp³-hybridized carbons (Fsp3) is 0.417. The molecule has 0 aliphatic rings. The van der Waals surface area contributed by atoms with Crippen molar-refractivity contribution in [1.82, 2.24) is 5.32 Å². The molecule has 0 unspecified atom stereocenters. The lowest BCUT2D eigenvalue weighted by atomic mass is 10.1. The molecule has 0 radical (unpaired) electrons. The highest BCUT2D eigenvalue weighted by atomic mass is 79.9. The fourth-order valence-electron chi connectivity index (χ4n) is 1.29. The number of alkyl halides is 1. The van der Waals surface area contributed by atoms with Crippen LogP contribution in [0.1, 0.15) is 15.9 Å². The molecule has 1 aromatic carbocycles. The van der Waals surface area contributed by atoms with Crippen LogP contribution in [0.15, 0.2) is 18.2 Å². The topological polar surface area (TPSA) is 58.6 Å². The van der Waals surface area contributed by atoms with E-state index in [0.717, 1.165) is 5.33 Å². The van der Waals surface area contributed by atoms with Crippen LogP contribution in [0, 0.1) is 6.92 Å². The lowest BCUT2D eigenvalue weighted by Gasteiger charge is -2.07. The monoisotopic (exact) mass is 301 g/mol. The molecule has 17 heavy (non-hydrogen) atoms. The lowest BCUT2D eigenvalue weighted by molar-refractivity contribution is 0.0924. The molecule has 0 saturated carbocycles. The minimum atomic E-state index is -0.157. The summed E-state index contributed by atoms with van der Waals surface area (Å²) in [6.07, 6.45) is 0. The fourth-order valence-corrected chi connectivity index (χ4v) is 1.52. The number of amides is 1. The Morgan fingerprint density at radius 2 is 2.24 bits per heavy atom. The van der Waals surface area contributed by atoms with E-state index in [9.17, 15) is 9.90 Å². The number of phenols is 1. The second-order valence-corrected chi connectivity index (χ2v) is 4.35. The van der Waals surface area contributed by atoms with Crippen LogP contribution >= 0.6 is 15.9 Å². The van der Waals surface area contributed by atoms with Crippen LogP contribution in [0.3, 0.4) is 0 Å². The molecule has 1 aromatic rings. The van der Waals surface area contributed by atoms with Crippen molar-refractivity contribution in [2.45, 2.75) is 6.92 Å². The minimum absolute atomic E-state index is 0.157. The van der Waals surface area contributed by atoms with E-state index < -0.39 is 0 Å². The first kappa shape index (κ1) is 14.0. The van der Waals surface area contributed by atoms with E-state index in [0.29, 0.717) is 30.9 Å². The number of aromatic hydroxyl groups is 1. The molecule has 2 N–H and O–H groups in total. The minimum Gasteiger partial charge on any atom is -0.508 e. The Bertz CT molecular complexity index is 382. The molecule has 0 spiro atoms. The van der Waals surface area contributed by atoms with Gasteiger partial charge < -0.3 is 15.2 Å². The van der Waals surface area contributed by atoms with Crippen molar-refractivity contribution in [3.05, 3.63) is 29.3 Å². The Hall–Kier alpha value is -1.07. The molecule has 0 heterocycles. The number of hydrogen-bond acceptors (Lipinski definition) is 3. The zero-order chi connectivity index (χ0) is 12.7. The maximum absolute atomic E-state index is 11.7. The molecule has 0 atom stereocenters. The molecule has 1 rings (SSSR count). The number of carbonyl (C=O) groups excluding carboxylic acids is 1. The highest BCUT2D eigenvalue weighted by Gasteiger charge is 2.06. The first-order valence-electron chi connectivity index (χ1n) is 5.36. The molecular weight excluding hydrogens is 286 g/mol. The summed E-state index contributed by atoms with van der Waals surface area (Å²) in [5, 5.41) is 12.9.